The van der Waals surface area contributed by atoms with E-state index in [1.54, 1.807) is 0 Å². The van der Waals surface area contributed by atoms with Crippen molar-refractivity contribution in [2.75, 3.05) is 26.2 Å². The van der Waals surface area contributed by atoms with Gasteiger partial charge < -0.3 is 15.0 Å². The van der Waals surface area contributed by atoms with Crippen molar-refractivity contribution < 1.29 is 9.53 Å². The average Bonchev–Trinajstić information content (AvgIpc) is 2.89. The van der Waals surface area contributed by atoms with Gasteiger partial charge >= 0.3 is 0 Å². The molecule has 2 aliphatic rings. The number of piperidine rings is 1. The molecule has 1 aliphatic carbocycles. The van der Waals surface area contributed by atoms with Crippen molar-refractivity contribution in [1.82, 2.24) is 15.2 Å². The topological polar surface area (TPSA) is 54.5 Å². The molecule has 0 unspecified atom stereocenters. The van der Waals surface area contributed by atoms with Crippen LogP contribution in [0.4, 0.5) is 0 Å². The maximum absolute atomic E-state index is 12.5. The minimum Gasteiger partial charge on any atom is -0.488 e. The first-order chi connectivity index (χ1) is 17.5. The van der Waals surface area contributed by atoms with Crippen molar-refractivity contribution in [3.05, 3.63) is 36.0 Å². The maximum Gasteiger partial charge on any atom is 0.223 e. The highest BCUT2D eigenvalue weighted by Crippen LogP contribution is 2.32. The van der Waals surface area contributed by atoms with Crippen molar-refractivity contribution >= 4 is 16.8 Å². The van der Waals surface area contributed by atoms with E-state index < -0.39 is 0 Å². The van der Waals surface area contributed by atoms with E-state index in [0.717, 1.165) is 75.3 Å². The normalized spacial score (nSPS) is 21.7. The number of benzene rings is 1. The first-order valence-electron chi connectivity index (χ1n) is 14.6. The van der Waals surface area contributed by atoms with Gasteiger partial charge in [0.2, 0.25) is 5.91 Å². The Morgan fingerprint density at radius 3 is 2.64 bits per heavy atom. The highest BCUT2D eigenvalue weighted by atomic mass is 16.5. The SMILES string of the molecule is CCCCc1cc(OC2CCN(CC3CCC(C(=O)NCCC(C)C)CC3)CC2)c2ncccc2c1. The number of unbranched alkanes of at least 4 members (excludes halogenated alkanes) is 1. The summed E-state index contributed by atoms with van der Waals surface area (Å²) in [6.07, 6.45) is 13.3. The first-order valence-corrected chi connectivity index (χ1v) is 14.6. The number of likely N-dealkylation sites (tertiary alicyclic amines) is 1. The van der Waals surface area contributed by atoms with Gasteiger partial charge in [0, 0.05) is 43.7 Å². The molecule has 2 fully saturated rings. The van der Waals surface area contributed by atoms with Crippen molar-refractivity contribution in [2.45, 2.75) is 91.1 Å². The van der Waals surface area contributed by atoms with Crippen molar-refractivity contribution in [1.29, 1.82) is 0 Å². The van der Waals surface area contributed by atoms with Crippen LogP contribution in [-0.2, 0) is 11.2 Å². The first kappa shape index (κ1) is 26.9. The zero-order chi connectivity index (χ0) is 25.3. The van der Waals surface area contributed by atoms with Crippen LogP contribution < -0.4 is 10.1 Å². The van der Waals surface area contributed by atoms with E-state index in [-0.39, 0.29) is 17.9 Å². The fourth-order valence-electron chi connectivity index (χ4n) is 5.82. The molecule has 0 spiro atoms. The number of nitrogens with one attached hydrogen (secondary N) is 1. The molecule has 0 atom stereocenters. The summed E-state index contributed by atoms with van der Waals surface area (Å²) in [5.74, 6) is 2.84. The van der Waals surface area contributed by atoms with E-state index in [9.17, 15) is 4.79 Å². The summed E-state index contributed by atoms with van der Waals surface area (Å²) in [5, 5.41) is 4.34. The van der Waals surface area contributed by atoms with Crippen LogP contribution >= 0.6 is 0 Å². The zero-order valence-electron chi connectivity index (χ0n) is 22.8. The molecule has 4 rings (SSSR count). The Morgan fingerprint density at radius 1 is 1.14 bits per heavy atom. The zero-order valence-corrected chi connectivity index (χ0v) is 22.8. The number of amides is 1. The molecule has 2 heterocycles. The van der Waals surface area contributed by atoms with E-state index >= 15 is 0 Å². The number of hydrogen-bond donors (Lipinski definition) is 1. The van der Waals surface area contributed by atoms with Gasteiger partial charge in [-0.3, -0.25) is 9.78 Å². The standard InChI is InChI=1S/C31H47N3O2/c1-4-5-7-25-20-27-8-6-16-32-30(27)29(21-25)36-28-14-18-34(19-15-28)22-24-9-11-26(12-10-24)31(35)33-17-13-23(2)3/h6,8,16,20-21,23-24,26,28H,4-5,7,9-15,17-19,22H2,1-3H3,(H,33,35). The van der Waals surface area contributed by atoms with Crippen LogP contribution in [0.1, 0.15) is 84.1 Å². The third-order valence-electron chi connectivity index (χ3n) is 8.13. The Hall–Kier alpha value is -2.14. The molecule has 1 N–H and O–H groups in total. The second-order valence-electron chi connectivity index (χ2n) is 11.6. The second kappa shape index (κ2) is 13.4. The number of hydrogen-bond acceptors (Lipinski definition) is 4. The number of carbonyl (C=O) groups is 1. The number of pyridine rings is 1. The molecule has 5 heteroatoms. The molecular formula is C31H47N3O2. The van der Waals surface area contributed by atoms with Gasteiger partial charge in [-0.25, -0.2) is 0 Å². The summed E-state index contributed by atoms with van der Waals surface area (Å²) in [7, 11) is 0. The Labute approximate surface area is 218 Å². The third-order valence-corrected chi connectivity index (χ3v) is 8.13. The number of carbonyl (C=O) groups excluding carboxylic acids is 1. The molecule has 1 aliphatic heterocycles. The number of aryl methyl sites for hydroxylation is 1. The quantitative estimate of drug-likeness (QED) is 0.394. The van der Waals surface area contributed by atoms with E-state index in [2.05, 4.69) is 54.2 Å². The van der Waals surface area contributed by atoms with Crippen LogP contribution in [0.3, 0.4) is 0 Å². The molecule has 198 valence electrons. The lowest BCUT2D eigenvalue weighted by molar-refractivity contribution is -0.126. The van der Waals surface area contributed by atoms with Gasteiger partial charge in [0.15, 0.2) is 0 Å². The third kappa shape index (κ3) is 7.68. The van der Waals surface area contributed by atoms with Crippen molar-refractivity contribution in [3.63, 3.8) is 0 Å². The van der Waals surface area contributed by atoms with Gasteiger partial charge in [-0.1, -0.05) is 33.3 Å². The Morgan fingerprint density at radius 2 is 1.92 bits per heavy atom. The molecule has 1 aromatic heterocycles. The number of aromatic nitrogens is 1. The molecule has 1 saturated heterocycles. The number of ether oxygens (including phenoxy) is 1. The molecule has 0 radical (unpaired) electrons. The van der Waals surface area contributed by atoms with Crippen LogP contribution in [0.5, 0.6) is 5.75 Å². The summed E-state index contributed by atoms with van der Waals surface area (Å²) in [5.41, 5.74) is 2.35. The summed E-state index contributed by atoms with van der Waals surface area (Å²) in [6, 6.07) is 8.67. The molecule has 1 aromatic carbocycles. The lowest BCUT2D eigenvalue weighted by Gasteiger charge is -2.36. The average molecular weight is 494 g/mol. The summed E-state index contributed by atoms with van der Waals surface area (Å²) < 4.78 is 6.58. The highest BCUT2D eigenvalue weighted by Gasteiger charge is 2.29. The highest BCUT2D eigenvalue weighted by molar-refractivity contribution is 5.85. The van der Waals surface area contributed by atoms with E-state index in [4.69, 9.17) is 4.74 Å². The second-order valence-corrected chi connectivity index (χ2v) is 11.6. The van der Waals surface area contributed by atoms with Crippen molar-refractivity contribution in [3.8, 4) is 5.75 Å². The molecule has 2 aromatic rings. The Balaban J connectivity index is 1.22. The minimum atomic E-state index is 0.226. The summed E-state index contributed by atoms with van der Waals surface area (Å²) >= 11 is 0. The monoisotopic (exact) mass is 493 g/mol. The number of nitrogens with zero attached hydrogens (tertiary/aromatic N) is 2. The number of rotatable bonds is 11. The van der Waals surface area contributed by atoms with Crippen LogP contribution in [0, 0.1) is 17.8 Å². The van der Waals surface area contributed by atoms with Crippen LogP contribution in [0.25, 0.3) is 10.9 Å². The van der Waals surface area contributed by atoms with Gasteiger partial charge in [0.25, 0.3) is 0 Å². The van der Waals surface area contributed by atoms with Gasteiger partial charge in [0.05, 0.1) is 0 Å². The van der Waals surface area contributed by atoms with Gasteiger partial charge in [-0.15, -0.1) is 0 Å². The molecule has 5 nitrogen and oxygen atoms in total. The Bertz CT molecular complexity index is 959. The predicted molar refractivity (Wildman–Crippen MR) is 148 cm³/mol. The van der Waals surface area contributed by atoms with Crippen LogP contribution in [0.15, 0.2) is 30.5 Å². The van der Waals surface area contributed by atoms with Gasteiger partial charge in [-0.2, -0.15) is 0 Å². The molecule has 1 saturated carbocycles. The fraction of sp³-hybridized carbons (Fsp3) is 0.677. The lowest BCUT2D eigenvalue weighted by Crippen LogP contribution is -2.42. The molecule has 36 heavy (non-hydrogen) atoms. The van der Waals surface area contributed by atoms with E-state index in [1.807, 2.05) is 12.3 Å². The van der Waals surface area contributed by atoms with Crippen molar-refractivity contribution in [2.24, 2.45) is 17.8 Å². The van der Waals surface area contributed by atoms with Gasteiger partial charge in [-0.05, 0) is 93.4 Å². The molecule has 1 amide bonds. The number of fused-ring (bicyclic) bond motifs is 1. The lowest BCUT2D eigenvalue weighted by atomic mass is 9.81. The molecular weight excluding hydrogens is 446 g/mol. The molecule has 0 bridgehead atoms. The van der Waals surface area contributed by atoms with Crippen LogP contribution in [0.2, 0.25) is 0 Å². The van der Waals surface area contributed by atoms with Gasteiger partial charge in [0.1, 0.15) is 17.4 Å². The smallest absolute Gasteiger partial charge is 0.223 e. The van der Waals surface area contributed by atoms with Crippen LogP contribution in [-0.4, -0.2) is 48.1 Å². The summed E-state index contributed by atoms with van der Waals surface area (Å²) in [4.78, 5) is 19.7. The Kier molecular flexibility index (Phi) is 10.0. The van der Waals surface area contributed by atoms with E-state index in [1.165, 1.54) is 43.2 Å². The maximum atomic E-state index is 12.5. The minimum absolute atomic E-state index is 0.226. The largest absolute Gasteiger partial charge is 0.488 e. The fourth-order valence-corrected chi connectivity index (χ4v) is 5.82. The summed E-state index contributed by atoms with van der Waals surface area (Å²) in [6.45, 7) is 10.8. The van der Waals surface area contributed by atoms with E-state index in [0.29, 0.717) is 5.92 Å². The predicted octanol–water partition coefficient (Wildman–Crippen LogP) is 6.39.